The van der Waals surface area contributed by atoms with Gasteiger partial charge in [0.1, 0.15) is 12.2 Å². The van der Waals surface area contributed by atoms with Crippen molar-refractivity contribution in [2.45, 2.75) is 27.3 Å². The van der Waals surface area contributed by atoms with Crippen molar-refractivity contribution in [1.82, 2.24) is 14.8 Å². The Kier molecular flexibility index (Phi) is 4.56. The average Bonchev–Trinajstić information content (AvgIpc) is 3.30. The first-order valence-electron chi connectivity index (χ1n) is 8.71. The molecule has 3 heterocycles. The number of fused-ring (bicyclic) bond motifs is 1. The number of nitrogens with zero attached hydrogens (tertiary/aromatic N) is 3. The number of furan rings is 1. The van der Waals surface area contributed by atoms with Crippen molar-refractivity contribution in [2.75, 3.05) is 5.32 Å². The Bertz CT molecular complexity index is 1240. The van der Waals surface area contributed by atoms with Crippen LogP contribution in [0.5, 0.6) is 0 Å². The molecule has 0 aliphatic rings. The smallest absolute Gasteiger partial charge is 0.294 e. The minimum atomic E-state index is -0.397. The number of aryl methyl sites for hydroxylation is 3. The lowest BCUT2D eigenvalue weighted by atomic mass is 10.1. The SMILES string of the molecule is Cc1ccc(C)c(NC(=O)Cn2nc(-c3ccco3)c3sc(C)nc3c2=O)c1. The maximum Gasteiger partial charge on any atom is 0.294 e. The highest BCUT2D eigenvalue weighted by Gasteiger charge is 2.19. The Morgan fingerprint density at radius 3 is 2.82 bits per heavy atom. The van der Waals surface area contributed by atoms with Gasteiger partial charge in [-0.2, -0.15) is 5.10 Å². The molecule has 0 saturated heterocycles. The quantitative estimate of drug-likeness (QED) is 0.570. The average molecular weight is 394 g/mol. The molecule has 0 saturated carbocycles. The van der Waals surface area contributed by atoms with Gasteiger partial charge in [-0.3, -0.25) is 9.59 Å². The number of nitrogens with one attached hydrogen (secondary N) is 1. The van der Waals surface area contributed by atoms with Crippen LogP contribution in [-0.4, -0.2) is 20.7 Å². The van der Waals surface area contributed by atoms with Crippen molar-refractivity contribution < 1.29 is 9.21 Å². The van der Waals surface area contributed by atoms with Crippen LogP contribution in [0.2, 0.25) is 0 Å². The minimum Gasteiger partial charge on any atom is -0.463 e. The van der Waals surface area contributed by atoms with Gasteiger partial charge in [0.25, 0.3) is 5.56 Å². The lowest BCUT2D eigenvalue weighted by Gasteiger charge is -2.11. The van der Waals surface area contributed by atoms with Crippen LogP contribution in [0.15, 0.2) is 45.8 Å². The van der Waals surface area contributed by atoms with Gasteiger partial charge in [-0.1, -0.05) is 12.1 Å². The molecule has 1 amide bonds. The zero-order valence-electron chi connectivity index (χ0n) is 15.6. The largest absolute Gasteiger partial charge is 0.463 e. The molecular formula is C20H18N4O3S. The van der Waals surface area contributed by atoms with Crippen LogP contribution >= 0.6 is 11.3 Å². The van der Waals surface area contributed by atoms with Crippen molar-refractivity contribution in [3.05, 3.63) is 63.1 Å². The van der Waals surface area contributed by atoms with E-state index in [9.17, 15) is 9.59 Å². The predicted octanol–water partition coefficient (Wildman–Crippen LogP) is 3.68. The second kappa shape index (κ2) is 7.05. The Morgan fingerprint density at radius 2 is 2.07 bits per heavy atom. The molecule has 0 aliphatic carbocycles. The maximum absolute atomic E-state index is 12.8. The van der Waals surface area contributed by atoms with Gasteiger partial charge in [-0.05, 0) is 50.1 Å². The van der Waals surface area contributed by atoms with Crippen molar-refractivity contribution in [3.63, 3.8) is 0 Å². The van der Waals surface area contributed by atoms with E-state index in [-0.39, 0.29) is 12.5 Å². The van der Waals surface area contributed by atoms with Crippen LogP contribution in [-0.2, 0) is 11.3 Å². The first kappa shape index (κ1) is 18.1. The molecule has 0 atom stereocenters. The molecule has 0 spiro atoms. The second-order valence-electron chi connectivity index (χ2n) is 6.57. The number of aromatic nitrogens is 3. The van der Waals surface area contributed by atoms with Crippen molar-refractivity contribution >= 4 is 33.1 Å². The standard InChI is InChI=1S/C20H18N4O3S/c1-11-6-7-12(2)14(9-11)22-16(25)10-24-20(26)18-19(28-13(3)21-18)17(23-24)15-5-4-8-27-15/h4-9H,10H2,1-3H3,(H,22,25). The number of rotatable bonds is 4. The minimum absolute atomic E-state index is 0.216. The lowest BCUT2D eigenvalue weighted by Crippen LogP contribution is -2.30. The first-order chi connectivity index (χ1) is 13.4. The molecule has 0 aliphatic heterocycles. The molecular weight excluding hydrogens is 376 g/mol. The summed E-state index contributed by atoms with van der Waals surface area (Å²) in [5.41, 5.74) is 3.10. The van der Waals surface area contributed by atoms with Crippen LogP contribution in [0.1, 0.15) is 16.1 Å². The molecule has 28 heavy (non-hydrogen) atoms. The third kappa shape index (κ3) is 3.34. The van der Waals surface area contributed by atoms with Gasteiger partial charge in [0.2, 0.25) is 5.91 Å². The van der Waals surface area contributed by atoms with Gasteiger partial charge in [0.05, 0.1) is 16.0 Å². The Balaban J connectivity index is 1.72. The van der Waals surface area contributed by atoms with E-state index in [1.807, 2.05) is 39.0 Å². The molecule has 0 radical (unpaired) electrons. The van der Waals surface area contributed by atoms with E-state index in [1.165, 1.54) is 11.3 Å². The molecule has 0 bridgehead atoms. The van der Waals surface area contributed by atoms with Crippen molar-refractivity contribution in [3.8, 4) is 11.5 Å². The van der Waals surface area contributed by atoms with E-state index in [0.717, 1.165) is 26.5 Å². The number of thiazole rings is 1. The van der Waals surface area contributed by atoms with Crippen LogP contribution in [0.25, 0.3) is 21.7 Å². The molecule has 0 unspecified atom stereocenters. The molecule has 4 rings (SSSR count). The second-order valence-corrected chi connectivity index (χ2v) is 7.77. The molecule has 7 nitrogen and oxygen atoms in total. The summed E-state index contributed by atoms with van der Waals surface area (Å²) in [6.07, 6.45) is 1.54. The highest BCUT2D eigenvalue weighted by atomic mass is 32.1. The highest BCUT2D eigenvalue weighted by molar-refractivity contribution is 7.19. The molecule has 4 aromatic rings. The van der Waals surface area contributed by atoms with Gasteiger partial charge in [-0.15, -0.1) is 11.3 Å². The number of carbonyl (C=O) groups is 1. The predicted molar refractivity (Wildman–Crippen MR) is 109 cm³/mol. The van der Waals surface area contributed by atoms with Crippen LogP contribution in [0.3, 0.4) is 0 Å². The van der Waals surface area contributed by atoms with Crippen LogP contribution in [0, 0.1) is 20.8 Å². The summed E-state index contributed by atoms with van der Waals surface area (Å²) in [6.45, 7) is 5.48. The fraction of sp³-hybridized carbons (Fsp3) is 0.200. The molecule has 1 aromatic carbocycles. The van der Waals surface area contributed by atoms with Crippen LogP contribution < -0.4 is 10.9 Å². The molecule has 8 heteroatoms. The lowest BCUT2D eigenvalue weighted by molar-refractivity contribution is -0.117. The summed E-state index contributed by atoms with van der Waals surface area (Å²) >= 11 is 1.38. The summed E-state index contributed by atoms with van der Waals surface area (Å²) < 4.78 is 7.26. The molecule has 1 N–H and O–H groups in total. The highest BCUT2D eigenvalue weighted by Crippen LogP contribution is 2.29. The fourth-order valence-electron chi connectivity index (χ4n) is 2.94. The summed E-state index contributed by atoms with van der Waals surface area (Å²) in [5, 5.41) is 8.00. The van der Waals surface area contributed by atoms with E-state index in [2.05, 4.69) is 15.4 Å². The topological polar surface area (TPSA) is 90.0 Å². The van der Waals surface area contributed by atoms with Crippen molar-refractivity contribution in [2.24, 2.45) is 0 Å². The number of hydrogen-bond acceptors (Lipinski definition) is 6. The number of anilines is 1. The summed E-state index contributed by atoms with van der Waals surface area (Å²) in [5.74, 6) is 0.192. The third-order valence-electron chi connectivity index (χ3n) is 4.32. The number of benzene rings is 1. The zero-order valence-corrected chi connectivity index (χ0v) is 16.5. The monoisotopic (exact) mass is 394 g/mol. The maximum atomic E-state index is 12.8. The van der Waals surface area contributed by atoms with E-state index in [4.69, 9.17) is 4.42 Å². The summed E-state index contributed by atoms with van der Waals surface area (Å²) in [7, 11) is 0. The van der Waals surface area contributed by atoms with Gasteiger partial charge < -0.3 is 9.73 Å². The molecule has 3 aromatic heterocycles. The Hall–Kier alpha value is -3.26. The fourth-order valence-corrected chi connectivity index (χ4v) is 3.84. The normalized spacial score (nSPS) is 11.1. The third-order valence-corrected chi connectivity index (χ3v) is 5.30. The van der Waals surface area contributed by atoms with E-state index < -0.39 is 5.56 Å². The van der Waals surface area contributed by atoms with Gasteiger partial charge in [0.15, 0.2) is 11.3 Å². The van der Waals surface area contributed by atoms with E-state index >= 15 is 0 Å². The number of amides is 1. The van der Waals surface area contributed by atoms with E-state index in [1.54, 1.807) is 18.4 Å². The van der Waals surface area contributed by atoms with Crippen LogP contribution in [0.4, 0.5) is 5.69 Å². The van der Waals surface area contributed by atoms with E-state index in [0.29, 0.717) is 21.7 Å². The number of carbonyl (C=O) groups excluding carboxylic acids is 1. The number of hydrogen-bond donors (Lipinski definition) is 1. The first-order valence-corrected chi connectivity index (χ1v) is 9.53. The zero-order chi connectivity index (χ0) is 19.8. The summed E-state index contributed by atoms with van der Waals surface area (Å²) in [6, 6.07) is 9.33. The van der Waals surface area contributed by atoms with Crippen molar-refractivity contribution in [1.29, 1.82) is 0 Å². The van der Waals surface area contributed by atoms with Gasteiger partial charge >= 0.3 is 0 Å². The van der Waals surface area contributed by atoms with Gasteiger partial charge in [-0.25, -0.2) is 9.67 Å². The summed E-state index contributed by atoms with van der Waals surface area (Å²) in [4.78, 5) is 29.7. The molecule has 142 valence electrons. The Labute approximate surface area is 164 Å². The molecule has 0 fully saturated rings. The van der Waals surface area contributed by atoms with Gasteiger partial charge in [0, 0.05) is 5.69 Å². The Morgan fingerprint density at radius 1 is 1.25 bits per heavy atom.